The SMILES string of the molecule is CN=C(NCCN1CCCCCC1)N1CCCC1. The molecule has 0 aromatic heterocycles. The Morgan fingerprint density at radius 3 is 2.17 bits per heavy atom. The molecule has 18 heavy (non-hydrogen) atoms. The molecule has 2 rings (SSSR count). The summed E-state index contributed by atoms with van der Waals surface area (Å²) in [4.78, 5) is 9.36. The molecule has 0 amide bonds. The first-order chi connectivity index (χ1) is 8.90. The molecule has 0 aliphatic carbocycles. The van der Waals surface area contributed by atoms with Gasteiger partial charge >= 0.3 is 0 Å². The predicted octanol–water partition coefficient (Wildman–Crippen LogP) is 1.53. The molecule has 0 aromatic carbocycles. The average molecular weight is 252 g/mol. The molecule has 0 saturated carbocycles. The van der Waals surface area contributed by atoms with Crippen LogP contribution >= 0.6 is 0 Å². The maximum absolute atomic E-state index is 4.38. The number of nitrogens with one attached hydrogen (secondary N) is 1. The molecule has 0 unspecified atom stereocenters. The van der Waals surface area contributed by atoms with Crippen LogP contribution in [-0.2, 0) is 0 Å². The van der Waals surface area contributed by atoms with E-state index in [9.17, 15) is 0 Å². The van der Waals surface area contributed by atoms with Crippen LogP contribution in [0.15, 0.2) is 4.99 Å². The first-order valence-corrected chi connectivity index (χ1v) is 7.58. The molecule has 2 aliphatic heterocycles. The van der Waals surface area contributed by atoms with E-state index < -0.39 is 0 Å². The van der Waals surface area contributed by atoms with Crippen molar-refractivity contribution in [3.8, 4) is 0 Å². The highest BCUT2D eigenvalue weighted by Gasteiger charge is 2.15. The Labute approximate surface area is 111 Å². The van der Waals surface area contributed by atoms with Crippen LogP contribution in [0.4, 0.5) is 0 Å². The summed E-state index contributed by atoms with van der Waals surface area (Å²) >= 11 is 0. The Morgan fingerprint density at radius 1 is 0.944 bits per heavy atom. The van der Waals surface area contributed by atoms with E-state index in [0.717, 1.165) is 19.0 Å². The minimum Gasteiger partial charge on any atom is -0.355 e. The maximum Gasteiger partial charge on any atom is 0.193 e. The lowest BCUT2D eigenvalue weighted by molar-refractivity contribution is 0.288. The van der Waals surface area contributed by atoms with Gasteiger partial charge in [-0.15, -0.1) is 0 Å². The molecule has 2 aliphatic rings. The van der Waals surface area contributed by atoms with Gasteiger partial charge in [-0.1, -0.05) is 12.8 Å². The van der Waals surface area contributed by atoms with Crippen molar-refractivity contribution in [2.75, 3.05) is 46.3 Å². The smallest absolute Gasteiger partial charge is 0.193 e. The first kappa shape index (κ1) is 13.7. The minimum atomic E-state index is 1.03. The van der Waals surface area contributed by atoms with E-state index >= 15 is 0 Å². The van der Waals surface area contributed by atoms with Crippen molar-refractivity contribution < 1.29 is 0 Å². The number of hydrogen-bond acceptors (Lipinski definition) is 2. The first-order valence-electron chi connectivity index (χ1n) is 7.58. The Kier molecular flexibility index (Phi) is 5.78. The van der Waals surface area contributed by atoms with Crippen LogP contribution in [0.3, 0.4) is 0 Å². The molecule has 2 saturated heterocycles. The lowest BCUT2D eigenvalue weighted by Crippen LogP contribution is -2.43. The summed E-state index contributed by atoms with van der Waals surface area (Å²) in [6, 6.07) is 0. The molecular formula is C14H28N4. The topological polar surface area (TPSA) is 30.9 Å². The van der Waals surface area contributed by atoms with E-state index in [1.807, 2.05) is 7.05 Å². The standard InChI is InChI=1S/C14H28N4/c1-15-14(18-11-6-7-12-18)16-8-13-17-9-4-2-3-5-10-17/h2-13H2,1H3,(H,15,16). The quantitative estimate of drug-likeness (QED) is 0.610. The monoisotopic (exact) mass is 252 g/mol. The summed E-state index contributed by atoms with van der Waals surface area (Å²) in [6.45, 7) is 7.09. The molecule has 2 heterocycles. The summed E-state index contributed by atoms with van der Waals surface area (Å²) in [5.74, 6) is 1.10. The zero-order valence-corrected chi connectivity index (χ0v) is 11.8. The number of likely N-dealkylation sites (tertiary alicyclic amines) is 2. The van der Waals surface area contributed by atoms with Gasteiger partial charge in [-0.25, -0.2) is 0 Å². The van der Waals surface area contributed by atoms with Crippen LogP contribution in [0.1, 0.15) is 38.5 Å². The fourth-order valence-corrected chi connectivity index (χ4v) is 2.95. The second-order valence-corrected chi connectivity index (χ2v) is 5.42. The highest BCUT2D eigenvalue weighted by molar-refractivity contribution is 5.80. The molecule has 2 fully saturated rings. The van der Waals surface area contributed by atoms with Crippen molar-refractivity contribution in [2.24, 2.45) is 4.99 Å². The van der Waals surface area contributed by atoms with Crippen LogP contribution in [-0.4, -0.2) is 62.1 Å². The van der Waals surface area contributed by atoms with Crippen molar-refractivity contribution in [3.63, 3.8) is 0 Å². The Hall–Kier alpha value is -0.770. The summed E-state index contributed by atoms with van der Waals surface area (Å²) in [5.41, 5.74) is 0. The van der Waals surface area contributed by atoms with E-state index in [2.05, 4.69) is 20.1 Å². The molecule has 0 bridgehead atoms. The van der Waals surface area contributed by atoms with E-state index in [-0.39, 0.29) is 0 Å². The highest BCUT2D eigenvalue weighted by Crippen LogP contribution is 2.09. The number of hydrogen-bond donors (Lipinski definition) is 1. The summed E-state index contributed by atoms with van der Waals surface area (Å²) < 4.78 is 0. The third-order valence-electron chi connectivity index (χ3n) is 4.03. The fraction of sp³-hybridized carbons (Fsp3) is 0.929. The molecule has 0 atom stereocenters. The van der Waals surface area contributed by atoms with Crippen molar-refractivity contribution >= 4 is 5.96 Å². The van der Waals surface area contributed by atoms with Gasteiger partial charge in [-0.2, -0.15) is 0 Å². The Morgan fingerprint density at radius 2 is 1.56 bits per heavy atom. The van der Waals surface area contributed by atoms with Crippen LogP contribution in [0.2, 0.25) is 0 Å². The number of rotatable bonds is 3. The van der Waals surface area contributed by atoms with Crippen molar-refractivity contribution in [3.05, 3.63) is 0 Å². The Balaban J connectivity index is 1.66. The van der Waals surface area contributed by atoms with E-state index in [1.54, 1.807) is 0 Å². The number of aliphatic imine (C=N–C) groups is 1. The van der Waals surface area contributed by atoms with Gasteiger partial charge in [0.2, 0.25) is 0 Å². The second kappa shape index (κ2) is 7.62. The largest absolute Gasteiger partial charge is 0.355 e. The zero-order chi connectivity index (χ0) is 12.6. The van der Waals surface area contributed by atoms with Gasteiger partial charge in [0.25, 0.3) is 0 Å². The van der Waals surface area contributed by atoms with Crippen molar-refractivity contribution in [2.45, 2.75) is 38.5 Å². The third kappa shape index (κ3) is 4.16. The molecule has 0 aromatic rings. The number of nitrogens with zero attached hydrogens (tertiary/aromatic N) is 3. The van der Waals surface area contributed by atoms with Gasteiger partial charge in [0.1, 0.15) is 0 Å². The van der Waals surface area contributed by atoms with Gasteiger partial charge in [-0.3, -0.25) is 4.99 Å². The Bertz CT molecular complexity index is 251. The van der Waals surface area contributed by atoms with Gasteiger partial charge < -0.3 is 15.1 Å². The normalized spacial score (nSPS) is 23.2. The summed E-state index contributed by atoms with van der Waals surface area (Å²) in [7, 11) is 1.90. The molecular weight excluding hydrogens is 224 g/mol. The van der Waals surface area contributed by atoms with Crippen LogP contribution < -0.4 is 5.32 Å². The van der Waals surface area contributed by atoms with E-state index in [1.165, 1.54) is 64.7 Å². The van der Waals surface area contributed by atoms with Crippen LogP contribution in [0.5, 0.6) is 0 Å². The van der Waals surface area contributed by atoms with Gasteiger partial charge in [-0.05, 0) is 38.8 Å². The summed E-state index contributed by atoms with van der Waals surface area (Å²) in [6.07, 6.45) is 8.21. The van der Waals surface area contributed by atoms with Gasteiger partial charge in [0.15, 0.2) is 5.96 Å². The third-order valence-corrected chi connectivity index (χ3v) is 4.03. The van der Waals surface area contributed by atoms with Crippen molar-refractivity contribution in [1.82, 2.24) is 15.1 Å². The zero-order valence-electron chi connectivity index (χ0n) is 11.8. The maximum atomic E-state index is 4.38. The average Bonchev–Trinajstić information content (AvgIpc) is 2.79. The van der Waals surface area contributed by atoms with Gasteiger partial charge in [0, 0.05) is 33.2 Å². The second-order valence-electron chi connectivity index (χ2n) is 5.42. The molecule has 4 nitrogen and oxygen atoms in total. The highest BCUT2D eigenvalue weighted by atomic mass is 15.3. The fourth-order valence-electron chi connectivity index (χ4n) is 2.95. The van der Waals surface area contributed by atoms with E-state index in [4.69, 9.17) is 0 Å². The van der Waals surface area contributed by atoms with Crippen LogP contribution in [0, 0.1) is 0 Å². The van der Waals surface area contributed by atoms with Crippen LogP contribution in [0.25, 0.3) is 0 Å². The van der Waals surface area contributed by atoms with Crippen molar-refractivity contribution in [1.29, 1.82) is 0 Å². The lowest BCUT2D eigenvalue weighted by atomic mass is 10.2. The van der Waals surface area contributed by atoms with Gasteiger partial charge in [0.05, 0.1) is 0 Å². The predicted molar refractivity (Wildman–Crippen MR) is 77.1 cm³/mol. The minimum absolute atomic E-state index is 1.03. The number of guanidine groups is 1. The molecule has 0 radical (unpaired) electrons. The summed E-state index contributed by atoms with van der Waals surface area (Å²) in [5, 5.41) is 3.51. The lowest BCUT2D eigenvalue weighted by Gasteiger charge is -2.24. The molecule has 0 spiro atoms. The molecule has 4 heteroatoms. The molecule has 104 valence electrons. The van der Waals surface area contributed by atoms with E-state index in [0.29, 0.717) is 0 Å². The molecule has 1 N–H and O–H groups in total.